The Morgan fingerprint density at radius 2 is 2.38 bits per heavy atom. The minimum absolute atomic E-state index is 0.0409. The van der Waals surface area contributed by atoms with Crippen molar-refractivity contribution in [1.29, 1.82) is 0 Å². The first-order chi connectivity index (χ1) is 6.20. The van der Waals surface area contributed by atoms with Gasteiger partial charge < -0.3 is 20.9 Å². The second-order valence-electron chi connectivity index (χ2n) is 2.80. The first-order valence-electron chi connectivity index (χ1n) is 3.84. The Morgan fingerprint density at radius 3 is 3.08 bits per heavy atom. The van der Waals surface area contributed by atoms with Crippen LogP contribution in [-0.2, 0) is 0 Å². The first kappa shape index (κ1) is 8.12. The number of hydrogen-bond donors (Lipinski definition) is 3. The molecule has 0 radical (unpaired) electrons. The number of hydrogen-bond acceptors (Lipinski definition) is 4. The van der Waals surface area contributed by atoms with Crippen molar-refractivity contribution >= 4 is 11.4 Å². The molecule has 0 saturated carbocycles. The predicted octanol–water partition coefficient (Wildman–Crippen LogP) is 0.531. The van der Waals surface area contributed by atoms with Crippen LogP contribution >= 0.6 is 0 Å². The summed E-state index contributed by atoms with van der Waals surface area (Å²) >= 11 is 0. The molecule has 0 aliphatic carbocycles. The number of nitrogens with two attached hydrogens (primary N) is 1. The predicted molar refractivity (Wildman–Crippen MR) is 45.9 cm³/mol. The Labute approximate surface area is 74.1 Å². The van der Waals surface area contributed by atoms with Crippen LogP contribution in [0.4, 0.5) is 15.8 Å². The Bertz CT molecular complexity index is 312. The second kappa shape index (κ2) is 2.77. The van der Waals surface area contributed by atoms with Gasteiger partial charge in [0.15, 0.2) is 6.23 Å². The average molecular weight is 184 g/mol. The Hall–Kier alpha value is -1.49. The van der Waals surface area contributed by atoms with Gasteiger partial charge in [-0.1, -0.05) is 0 Å². The summed E-state index contributed by atoms with van der Waals surface area (Å²) in [5, 5.41) is 11.5. The third kappa shape index (κ3) is 1.27. The van der Waals surface area contributed by atoms with Crippen LogP contribution in [0.2, 0.25) is 0 Å². The van der Waals surface area contributed by atoms with Gasteiger partial charge in [0.2, 0.25) is 0 Å². The molecule has 1 aromatic carbocycles. The van der Waals surface area contributed by atoms with Crippen LogP contribution in [-0.4, -0.2) is 17.9 Å². The molecule has 0 fully saturated rings. The molecular formula is C8H9FN2O2. The van der Waals surface area contributed by atoms with Gasteiger partial charge in [-0.2, -0.15) is 0 Å². The van der Waals surface area contributed by atoms with Gasteiger partial charge in [0, 0.05) is 12.1 Å². The van der Waals surface area contributed by atoms with Gasteiger partial charge in [-0.3, -0.25) is 0 Å². The normalized spacial score (nSPS) is 19.1. The van der Waals surface area contributed by atoms with E-state index in [2.05, 4.69) is 5.32 Å². The number of aliphatic hydroxyl groups is 1. The van der Waals surface area contributed by atoms with Gasteiger partial charge in [-0.15, -0.1) is 0 Å². The van der Waals surface area contributed by atoms with Crippen LogP contribution in [0.25, 0.3) is 0 Å². The first-order valence-corrected chi connectivity index (χ1v) is 3.84. The van der Waals surface area contributed by atoms with E-state index >= 15 is 0 Å². The summed E-state index contributed by atoms with van der Waals surface area (Å²) in [7, 11) is 0. The summed E-state index contributed by atoms with van der Waals surface area (Å²) in [5.74, 6) is -0.0219. The molecule has 70 valence electrons. The van der Waals surface area contributed by atoms with E-state index in [9.17, 15) is 4.39 Å². The van der Waals surface area contributed by atoms with Crippen LogP contribution in [0.15, 0.2) is 12.1 Å². The molecule has 5 heteroatoms. The fourth-order valence-electron chi connectivity index (χ4n) is 1.22. The molecular weight excluding hydrogens is 175 g/mol. The van der Waals surface area contributed by atoms with Crippen molar-refractivity contribution in [3.05, 3.63) is 17.9 Å². The second-order valence-corrected chi connectivity index (χ2v) is 2.80. The molecule has 4 N–H and O–H groups in total. The minimum Gasteiger partial charge on any atom is -0.466 e. The van der Waals surface area contributed by atoms with E-state index in [1.165, 1.54) is 12.1 Å². The molecule has 0 amide bonds. The van der Waals surface area contributed by atoms with Crippen LogP contribution < -0.4 is 15.8 Å². The molecule has 1 aliphatic heterocycles. The Morgan fingerprint density at radius 1 is 1.62 bits per heavy atom. The maximum atomic E-state index is 12.9. The van der Waals surface area contributed by atoms with E-state index in [0.717, 1.165) is 0 Å². The number of benzene rings is 1. The van der Waals surface area contributed by atoms with E-state index < -0.39 is 12.0 Å². The van der Waals surface area contributed by atoms with Gasteiger partial charge in [0.25, 0.3) is 0 Å². The smallest absolute Gasteiger partial charge is 0.193 e. The monoisotopic (exact) mass is 184 g/mol. The summed E-state index contributed by atoms with van der Waals surface area (Å²) in [5.41, 5.74) is 5.89. The molecule has 1 unspecified atom stereocenters. The van der Waals surface area contributed by atoms with Crippen LogP contribution in [0.1, 0.15) is 0 Å². The number of ether oxygens (including phenoxy) is 1. The largest absolute Gasteiger partial charge is 0.466 e. The van der Waals surface area contributed by atoms with Crippen LogP contribution in [0, 0.1) is 5.82 Å². The molecule has 1 aliphatic rings. The van der Waals surface area contributed by atoms with Gasteiger partial charge >= 0.3 is 0 Å². The molecule has 2 rings (SSSR count). The highest BCUT2D eigenvalue weighted by atomic mass is 19.1. The molecule has 4 nitrogen and oxygen atoms in total. The van der Waals surface area contributed by atoms with Crippen LogP contribution in [0.5, 0.6) is 5.75 Å². The lowest BCUT2D eigenvalue weighted by Gasteiger charge is -2.05. The molecule has 0 bridgehead atoms. The fourth-order valence-corrected chi connectivity index (χ4v) is 1.22. The highest BCUT2D eigenvalue weighted by Gasteiger charge is 2.22. The number of nitrogen functional groups attached to an aromatic ring is 1. The Balaban J connectivity index is 2.36. The van der Waals surface area contributed by atoms with E-state index in [-0.39, 0.29) is 12.3 Å². The Kier molecular flexibility index (Phi) is 1.73. The van der Waals surface area contributed by atoms with Crippen molar-refractivity contribution in [2.24, 2.45) is 0 Å². The number of halogens is 1. The van der Waals surface area contributed by atoms with Gasteiger partial charge in [-0.05, 0) is 0 Å². The molecule has 1 heterocycles. The number of aliphatic hydroxyl groups excluding tert-OH is 1. The number of anilines is 2. The zero-order valence-electron chi connectivity index (χ0n) is 6.75. The maximum absolute atomic E-state index is 12.9. The van der Waals surface area contributed by atoms with Crippen molar-refractivity contribution < 1.29 is 14.2 Å². The minimum atomic E-state index is -0.504. The summed E-state index contributed by atoms with van der Waals surface area (Å²) in [4.78, 5) is 0. The van der Waals surface area contributed by atoms with Crippen LogP contribution in [0.3, 0.4) is 0 Å². The van der Waals surface area contributed by atoms with Crippen molar-refractivity contribution in [3.63, 3.8) is 0 Å². The van der Waals surface area contributed by atoms with Gasteiger partial charge in [0.05, 0.1) is 18.0 Å². The number of nitrogens with one attached hydrogen (secondary N) is 1. The van der Waals surface area contributed by atoms with E-state index in [1.54, 1.807) is 0 Å². The lowest BCUT2D eigenvalue weighted by atomic mass is 10.2. The molecule has 1 atom stereocenters. The molecule has 0 spiro atoms. The summed E-state index contributed by atoms with van der Waals surface area (Å²) < 4.78 is 18.1. The third-order valence-electron chi connectivity index (χ3n) is 1.85. The van der Waals surface area contributed by atoms with Gasteiger partial charge in [-0.25, -0.2) is 4.39 Å². The quantitative estimate of drug-likeness (QED) is 0.557. The lowest BCUT2D eigenvalue weighted by Crippen LogP contribution is -2.24. The average Bonchev–Trinajstić information content (AvgIpc) is 2.48. The third-order valence-corrected chi connectivity index (χ3v) is 1.85. The zero-order valence-corrected chi connectivity index (χ0v) is 6.75. The molecule has 0 aromatic heterocycles. The fraction of sp³-hybridized carbons (Fsp3) is 0.250. The van der Waals surface area contributed by atoms with E-state index in [0.29, 0.717) is 11.4 Å². The number of fused-ring (bicyclic) bond motifs is 1. The summed E-state index contributed by atoms with van der Waals surface area (Å²) in [6.07, 6.45) is -0.504. The zero-order chi connectivity index (χ0) is 9.42. The molecule has 13 heavy (non-hydrogen) atoms. The van der Waals surface area contributed by atoms with Crippen molar-refractivity contribution in [2.75, 3.05) is 17.7 Å². The van der Waals surface area contributed by atoms with Crippen molar-refractivity contribution in [2.45, 2.75) is 6.23 Å². The number of rotatable bonds is 1. The highest BCUT2D eigenvalue weighted by molar-refractivity contribution is 5.65. The molecule has 0 saturated heterocycles. The lowest BCUT2D eigenvalue weighted by molar-refractivity contribution is 0.149. The van der Waals surface area contributed by atoms with E-state index in [1.807, 2.05) is 0 Å². The van der Waals surface area contributed by atoms with Crippen molar-refractivity contribution in [3.8, 4) is 5.75 Å². The highest BCUT2D eigenvalue weighted by Crippen LogP contribution is 2.34. The summed E-state index contributed by atoms with van der Waals surface area (Å²) in [6, 6.07) is 2.65. The maximum Gasteiger partial charge on any atom is 0.193 e. The topological polar surface area (TPSA) is 67.5 Å². The SMILES string of the molecule is Nc1cc2c(cc1F)NC(CO)O2. The van der Waals surface area contributed by atoms with Gasteiger partial charge in [0.1, 0.15) is 11.6 Å². The standard InChI is InChI=1S/C8H9FN2O2/c9-4-1-6-7(2-5(4)10)13-8(3-12)11-6/h1-2,8,11-12H,3,10H2. The summed E-state index contributed by atoms with van der Waals surface area (Å²) in [6.45, 7) is -0.170. The van der Waals surface area contributed by atoms with E-state index in [4.69, 9.17) is 15.6 Å². The van der Waals surface area contributed by atoms with Crippen molar-refractivity contribution in [1.82, 2.24) is 0 Å². The molecule has 1 aromatic rings.